The van der Waals surface area contributed by atoms with Gasteiger partial charge in [0.2, 0.25) is 0 Å². The molecule has 186 valence electrons. The van der Waals surface area contributed by atoms with Gasteiger partial charge in [-0.05, 0) is 26.0 Å². The van der Waals surface area contributed by atoms with Crippen LogP contribution in [0, 0.1) is 0 Å². The molecule has 0 aliphatic heterocycles. The zero-order valence-corrected chi connectivity index (χ0v) is 19.9. The number of hydrogen-bond donors (Lipinski definition) is 3. The summed E-state index contributed by atoms with van der Waals surface area (Å²) in [5.41, 5.74) is 0.335. The number of hydrogen-bond acceptors (Lipinski definition) is 7. The minimum Gasteiger partial charge on any atom is -0.383 e. The van der Waals surface area contributed by atoms with Crippen LogP contribution >= 0.6 is 11.3 Å². The normalized spacial score (nSPS) is 12.2. The van der Waals surface area contributed by atoms with E-state index in [2.05, 4.69) is 30.9 Å². The second-order valence-corrected chi connectivity index (χ2v) is 8.29. The predicted octanol–water partition coefficient (Wildman–Crippen LogP) is 4.19. The summed E-state index contributed by atoms with van der Waals surface area (Å²) in [7, 11) is 1.52. The standard InChI is InChI=1S/C22H23F3N6O3S/c1-4-27-21(33)31-18-6-15(20-30-17(11-35-20)22(23,24)25)16(9-28-18)13-5-14(8-26-7-13)19(32)29-12(2)10-34-3/h5-9,11-12H,4,10H2,1-3H3,(H,29,32)(H2,27,28,31,33)/t12-/m0/s1. The van der Waals surface area contributed by atoms with E-state index in [1.54, 1.807) is 19.9 Å². The van der Waals surface area contributed by atoms with Crippen molar-refractivity contribution in [1.29, 1.82) is 0 Å². The Morgan fingerprint density at radius 3 is 2.60 bits per heavy atom. The van der Waals surface area contributed by atoms with E-state index in [0.29, 0.717) is 29.8 Å². The van der Waals surface area contributed by atoms with Crippen molar-refractivity contribution in [3.8, 4) is 21.7 Å². The first-order valence-electron chi connectivity index (χ1n) is 10.5. The van der Waals surface area contributed by atoms with E-state index < -0.39 is 17.9 Å². The summed E-state index contributed by atoms with van der Waals surface area (Å²) in [6.07, 6.45) is -0.382. The first kappa shape index (κ1) is 26.0. The summed E-state index contributed by atoms with van der Waals surface area (Å²) in [6, 6.07) is 2.22. The highest BCUT2D eigenvalue weighted by Crippen LogP contribution is 2.38. The molecule has 3 N–H and O–H groups in total. The highest BCUT2D eigenvalue weighted by molar-refractivity contribution is 7.13. The van der Waals surface area contributed by atoms with Gasteiger partial charge in [0.05, 0.1) is 12.2 Å². The van der Waals surface area contributed by atoms with Crippen molar-refractivity contribution in [3.63, 3.8) is 0 Å². The summed E-state index contributed by atoms with van der Waals surface area (Å²) in [4.78, 5) is 36.6. The number of carbonyl (C=O) groups is 2. The van der Waals surface area contributed by atoms with Gasteiger partial charge in [-0.15, -0.1) is 11.3 Å². The molecule has 3 rings (SSSR count). The summed E-state index contributed by atoms with van der Waals surface area (Å²) in [6.45, 7) is 4.21. The van der Waals surface area contributed by atoms with Crippen LogP contribution in [0.1, 0.15) is 29.9 Å². The molecule has 0 fully saturated rings. The summed E-state index contributed by atoms with van der Waals surface area (Å²) >= 11 is 0.800. The van der Waals surface area contributed by atoms with Crippen LogP contribution in [0.25, 0.3) is 21.7 Å². The van der Waals surface area contributed by atoms with Gasteiger partial charge in [-0.3, -0.25) is 15.1 Å². The van der Waals surface area contributed by atoms with Crippen LogP contribution in [0.15, 0.2) is 36.1 Å². The van der Waals surface area contributed by atoms with E-state index in [9.17, 15) is 22.8 Å². The smallest absolute Gasteiger partial charge is 0.383 e. The molecule has 0 aliphatic rings. The Kier molecular flexibility index (Phi) is 8.35. The fourth-order valence-corrected chi connectivity index (χ4v) is 3.95. The first-order valence-corrected chi connectivity index (χ1v) is 11.3. The summed E-state index contributed by atoms with van der Waals surface area (Å²) in [5, 5.41) is 8.84. The molecule has 0 spiro atoms. The molecule has 0 bridgehead atoms. The van der Waals surface area contributed by atoms with Crippen molar-refractivity contribution in [2.75, 3.05) is 25.6 Å². The van der Waals surface area contributed by atoms with Crippen molar-refractivity contribution in [3.05, 3.63) is 47.4 Å². The second kappa shape index (κ2) is 11.2. The Bertz CT molecular complexity index is 1200. The number of aromatic nitrogens is 3. The Morgan fingerprint density at radius 1 is 1.17 bits per heavy atom. The number of alkyl halides is 3. The van der Waals surface area contributed by atoms with E-state index >= 15 is 0 Å². The van der Waals surface area contributed by atoms with Crippen LogP contribution in [0.4, 0.5) is 23.8 Å². The van der Waals surface area contributed by atoms with Crippen molar-refractivity contribution in [1.82, 2.24) is 25.6 Å². The molecule has 3 heterocycles. The monoisotopic (exact) mass is 508 g/mol. The molecule has 3 aromatic rings. The number of pyridine rings is 2. The lowest BCUT2D eigenvalue weighted by atomic mass is 10.0. The number of methoxy groups -OCH3 is 1. The van der Waals surface area contributed by atoms with Crippen molar-refractivity contribution in [2.24, 2.45) is 0 Å². The lowest BCUT2D eigenvalue weighted by molar-refractivity contribution is -0.140. The van der Waals surface area contributed by atoms with Crippen LogP contribution < -0.4 is 16.0 Å². The van der Waals surface area contributed by atoms with Crippen LogP contribution in [0.5, 0.6) is 0 Å². The van der Waals surface area contributed by atoms with Crippen molar-refractivity contribution in [2.45, 2.75) is 26.1 Å². The summed E-state index contributed by atoms with van der Waals surface area (Å²) < 4.78 is 44.6. The highest BCUT2D eigenvalue weighted by Gasteiger charge is 2.34. The highest BCUT2D eigenvalue weighted by atomic mass is 32.1. The first-order chi connectivity index (χ1) is 16.6. The minimum absolute atomic E-state index is 0.0669. The third kappa shape index (κ3) is 6.73. The molecule has 3 aromatic heterocycles. The molecule has 0 saturated heterocycles. The molecule has 35 heavy (non-hydrogen) atoms. The topological polar surface area (TPSA) is 118 Å². The van der Waals surface area contributed by atoms with Gasteiger partial charge in [-0.25, -0.2) is 14.8 Å². The Balaban J connectivity index is 2.03. The van der Waals surface area contributed by atoms with Crippen molar-refractivity contribution >= 4 is 29.1 Å². The number of carbonyl (C=O) groups excluding carboxylic acids is 2. The predicted molar refractivity (Wildman–Crippen MR) is 125 cm³/mol. The molecule has 3 amide bonds. The molecule has 0 radical (unpaired) electrons. The third-order valence-electron chi connectivity index (χ3n) is 4.61. The van der Waals surface area contributed by atoms with Gasteiger partial charge in [0.15, 0.2) is 5.69 Å². The van der Waals surface area contributed by atoms with Gasteiger partial charge >= 0.3 is 12.2 Å². The zero-order chi connectivity index (χ0) is 25.6. The quantitative estimate of drug-likeness (QED) is 0.420. The average molecular weight is 509 g/mol. The fourth-order valence-electron chi connectivity index (χ4n) is 3.09. The van der Waals surface area contributed by atoms with Gasteiger partial charge in [-0.1, -0.05) is 0 Å². The molecule has 1 atom stereocenters. The van der Waals surface area contributed by atoms with E-state index in [0.717, 1.165) is 16.7 Å². The zero-order valence-electron chi connectivity index (χ0n) is 19.1. The Morgan fingerprint density at radius 2 is 1.94 bits per heavy atom. The lowest BCUT2D eigenvalue weighted by Gasteiger charge is -2.14. The SMILES string of the molecule is CCNC(=O)Nc1cc(-c2nc(C(F)(F)F)cs2)c(-c2cncc(C(=O)N[C@@H](C)COC)c2)cn1. The largest absolute Gasteiger partial charge is 0.434 e. The van der Waals surface area contributed by atoms with Crippen LogP contribution in [0.3, 0.4) is 0 Å². The van der Waals surface area contributed by atoms with Crippen LogP contribution in [0.2, 0.25) is 0 Å². The third-order valence-corrected chi connectivity index (χ3v) is 5.49. The summed E-state index contributed by atoms with van der Waals surface area (Å²) in [5.74, 6) is -0.268. The molecule has 0 aliphatic carbocycles. The van der Waals surface area contributed by atoms with Crippen LogP contribution in [-0.2, 0) is 10.9 Å². The number of urea groups is 1. The van der Waals surface area contributed by atoms with E-state index in [1.165, 1.54) is 31.8 Å². The molecule has 9 nitrogen and oxygen atoms in total. The fraction of sp³-hybridized carbons (Fsp3) is 0.318. The Hall–Kier alpha value is -3.58. The number of nitrogens with zero attached hydrogens (tertiary/aromatic N) is 3. The maximum Gasteiger partial charge on any atom is 0.434 e. The lowest BCUT2D eigenvalue weighted by Crippen LogP contribution is -2.35. The van der Waals surface area contributed by atoms with Gasteiger partial charge in [0, 0.05) is 60.4 Å². The minimum atomic E-state index is -4.61. The molecule has 13 heteroatoms. The van der Waals surface area contributed by atoms with Gasteiger partial charge in [-0.2, -0.15) is 13.2 Å². The molecule has 0 saturated carbocycles. The van der Waals surface area contributed by atoms with E-state index in [1.807, 2.05) is 0 Å². The Labute approximate surface area is 203 Å². The van der Waals surface area contributed by atoms with E-state index in [-0.39, 0.29) is 28.3 Å². The van der Waals surface area contributed by atoms with Crippen molar-refractivity contribution < 1.29 is 27.5 Å². The maximum atomic E-state index is 13.2. The molecule has 0 aromatic carbocycles. The number of ether oxygens (including phenoxy) is 1. The van der Waals surface area contributed by atoms with Gasteiger partial charge in [0.25, 0.3) is 5.91 Å². The molecular weight excluding hydrogens is 485 g/mol. The van der Waals surface area contributed by atoms with Crippen LogP contribution in [-0.4, -0.2) is 53.2 Å². The average Bonchev–Trinajstić information content (AvgIpc) is 3.30. The number of thiazole rings is 1. The second-order valence-electron chi connectivity index (χ2n) is 7.43. The number of halogens is 3. The van der Waals surface area contributed by atoms with Gasteiger partial charge in [0.1, 0.15) is 10.8 Å². The molecule has 0 unspecified atom stereocenters. The number of rotatable bonds is 8. The van der Waals surface area contributed by atoms with E-state index in [4.69, 9.17) is 4.74 Å². The number of amides is 3. The number of nitrogens with one attached hydrogen (secondary N) is 3. The molecular formula is C22H23F3N6O3S. The maximum absolute atomic E-state index is 13.2. The number of anilines is 1. The van der Waals surface area contributed by atoms with Gasteiger partial charge < -0.3 is 15.4 Å².